The number of ketones is 1. The number of nitrogens with two attached hydrogens (primary N) is 1. The number of nitrogens with zero attached hydrogens (tertiary/aromatic N) is 3. The fraction of sp³-hybridized carbons (Fsp3) is 0.538. The van der Waals surface area contributed by atoms with E-state index in [2.05, 4.69) is 15.0 Å². The van der Waals surface area contributed by atoms with Gasteiger partial charge in [-0.25, -0.2) is 4.98 Å². The van der Waals surface area contributed by atoms with Crippen LogP contribution in [0.4, 0.5) is 5.95 Å². The largest absolute Gasteiger partial charge is 0.394 e. The summed E-state index contributed by atoms with van der Waals surface area (Å²) in [4.78, 5) is 34.6. The van der Waals surface area contributed by atoms with E-state index in [9.17, 15) is 24.9 Å². The zero-order chi connectivity index (χ0) is 17.6. The molecule has 1 fully saturated rings. The first-order valence-electron chi connectivity index (χ1n) is 7.28. The quantitative estimate of drug-likeness (QED) is 0.391. The van der Waals surface area contributed by atoms with Crippen molar-refractivity contribution in [2.45, 2.75) is 37.4 Å². The number of carbonyl (C=O) groups excluding carboxylic acids is 1. The van der Waals surface area contributed by atoms with Crippen LogP contribution < -0.4 is 11.3 Å². The second kappa shape index (κ2) is 7.86. The molecule has 4 atom stereocenters. The summed E-state index contributed by atoms with van der Waals surface area (Å²) >= 11 is 0. The van der Waals surface area contributed by atoms with Crippen molar-refractivity contribution >= 4 is 47.7 Å². The average molecular weight is 412 g/mol. The SMILES string of the molecule is CCC(=O)[C@@]1(n2cnc3c(=O)[nH]c(N)nc32)O[C@H](CO)[C@@H](O)[C@H]1O.Cl.Cl. The van der Waals surface area contributed by atoms with Crippen LogP contribution in [0.25, 0.3) is 11.2 Å². The minimum atomic E-state index is -2.07. The number of fused-ring (bicyclic) bond motifs is 1. The van der Waals surface area contributed by atoms with Gasteiger partial charge < -0.3 is 25.8 Å². The number of ether oxygens (including phenoxy) is 1. The van der Waals surface area contributed by atoms with E-state index in [1.54, 1.807) is 6.92 Å². The monoisotopic (exact) mass is 411 g/mol. The Morgan fingerprint density at radius 3 is 2.65 bits per heavy atom. The third-order valence-electron chi connectivity index (χ3n) is 4.12. The molecule has 1 aliphatic rings. The van der Waals surface area contributed by atoms with Crippen LogP contribution in [-0.4, -0.2) is 65.5 Å². The zero-order valence-corrected chi connectivity index (χ0v) is 15.2. The summed E-state index contributed by atoms with van der Waals surface area (Å²) in [5.74, 6) is -0.787. The van der Waals surface area contributed by atoms with Gasteiger partial charge >= 0.3 is 0 Å². The summed E-state index contributed by atoms with van der Waals surface area (Å²) in [5.41, 5.74) is 2.66. The van der Waals surface area contributed by atoms with Crippen LogP contribution in [0.5, 0.6) is 0 Å². The van der Waals surface area contributed by atoms with E-state index in [-0.39, 0.29) is 48.3 Å². The predicted octanol–water partition coefficient (Wildman–Crippen LogP) is -1.71. The molecule has 2 aromatic rings. The van der Waals surface area contributed by atoms with Crippen molar-refractivity contribution in [1.29, 1.82) is 0 Å². The van der Waals surface area contributed by atoms with Crippen LogP contribution in [0.2, 0.25) is 0 Å². The molecule has 146 valence electrons. The van der Waals surface area contributed by atoms with Crippen LogP contribution in [0.15, 0.2) is 11.1 Å². The lowest BCUT2D eigenvalue weighted by molar-refractivity contribution is -0.173. The maximum absolute atomic E-state index is 12.6. The van der Waals surface area contributed by atoms with Crippen molar-refractivity contribution in [3.05, 3.63) is 16.7 Å². The molecule has 2 aromatic heterocycles. The Balaban J connectivity index is 0.00000169. The topological polar surface area (TPSA) is 177 Å². The molecule has 13 heteroatoms. The summed E-state index contributed by atoms with van der Waals surface area (Å²) in [6.07, 6.45) is -3.33. The lowest BCUT2D eigenvalue weighted by Crippen LogP contribution is -2.51. The van der Waals surface area contributed by atoms with Gasteiger partial charge in [0.25, 0.3) is 5.56 Å². The predicted molar refractivity (Wildman–Crippen MR) is 94.3 cm³/mol. The van der Waals surface area contributed by atoms with Crippen molar-refractivity contribution in [1.82, 2.24) is 19.5 Å². The molecule has 6 N–H and O–H groups in total. The van der Waals surface area contributed by atoms with Crippen LogP contribution in [-0.2, 0) is 15.3 Å². The first-order chi connectivity index (χ1) is 11.4. The van der Waals surface area contributed by atoms with E-state index in [1.165, 1.54) is 0 Å². The second-order valence-corrected chi connectivity index (χ2v) is 5.49. The fourth-order valence-corrected chi connectivity index (χ4v) is 2.94. The number of nitrogen functional groups attached to an aromatic ring is 1. The van der Waals surface area contributed by atoms with Gasteiger partial charge in [-0.2, -0.15) is 4.98 Å². The van der Waals surface area contributed by atoms with Gasteiger partial charge in [0, 0.05) is 6.42 Å². The summed E-state index contributed by atoms with van der Waals surface area (Å²) in [6.45, 7) is 0.937. The van der Waals surface area contributed by atoms with E-state index in [1.807, 2.05) is 0 Å². The summed E-state index contributed by atoms with van der Waals surface area (Å²) in [7, 11) is 0. The Hall–Kier alpha value is -1.76. The molecule has 0 unspecified atom stereocenters. The molecule has 0 saturated carbocycles. The molecule has 26 heavy (non-hydrogen) atoms. The van der Waals surface area contributed by atoms with Gasteiger partial charge in [-0.1, -0.05) is 6.92 Å². The molecule has 0 aliphatic carbocycles. The summed E-state index contributed by atoms with van der Waals surface area (Å²) in [5, 5.41) is 29.9. The van der Waals surface area contributed by atoms with Gasteiger partial charge in [-0.3, -0.25) is 19.1 Å². The lowest BCUT2D eigenvalue weighted by atomic mass is 9.96. The Kier molecular flexibility index (Phi) is 6.74. The normalized spacial score (nSPS) is 27.8. The van der Waals surface area contributed by atoms with Crippen molar-refractivity contribution in [3.63, 3.8) is 0 Å². The number of aliphatic hydroxyl groups excluding tert-OH is 3. The fourth-order valence-electron chi connectivity index (χ4n) is 2.94. The number of aromatic nitrogens is 4. The highest BCUT2D eigenvalue weighted by molar-refractivity contribution is 5.88. The van der Waals surface area contributed by atoms with E-state index >= 15 is 0 Å². The van der Waals surface area contributed by atoms with Gasteiger partial charge in [0.05, 0.1) is 6.61 Å². The number of aromatic amines is 1. The number of Topliss-reactive ketones (excluding diaryl/α,β-unsaturated/α-hetero) is 1. The molecule has 0 radical (unpaired) electrons. The highest BCUT2D eigenvalue weighted by Crippen LogP contribution is 2.38. The summed E-state index contributed by atoms with van der Waals surface area (Å²) in [6, 6.07) is 0. The number of rotatable bonds is 4. The average Bonchev–Trinajstić information content (AvgIpc) is 3.08. The maximum Gasteiger partial charge on any atom is 0.280 e. The second-order valence-electron chi connectivity index (χ2n) is 5.49. The minimum Gasteiger partial charge on any atom is -0.394 e. The van der Waals surface area contributed by atoms with Crippen molar-refractivity contribution in [2.75, 3.05) is 12.3 Å². The van der Waals surface area contributed by atoms with E-state index in [4.69, 9.17) is 10.5 Å². The highest BCUT2D eigenvalue weighted by Gasteiger charge is 2.60. The molecule has 3 heterocycles. The van der Waals surface area contributed by atoms with Gasteiger partial charge in [-0.05, 0) is 0 Å². The Labute approximate surface area is 159 Å². The Morgan fingerprint density at radius 2 is 2.12 bits per heavy atom. The number of anilines is 1. The van der Waals surface area contributed by atoms with E-state index in [0.29, 0.717) is 0 Å². The van der Waals surface area contributed by atoms with Gasteiger partial charge in [0.2, 0.25) is 11.7 Å². The van der Waals surface area contributed by atoms with Crippen molar-refractivity contribution in [3.8, 4) is 0 Å². The maximum atomic E-state index is 12.6. The number of hydrogen-bond donors (Lipinski definition) is 5. The lowest BCUT2D eigenvalue weighted by Gasteiger charge is -2.31. The van der Waals surface area contributed by atoms with E-state index < -0.39 is 42.0 Å². The van der Waals surface area contributed by atoms with Crippen LogP contribution in [0.1, 0.15) is 13.3 Å². The Bertz CT molecular complexity index is 857. The molecule has 0 spiro atoms. The van der Waals surface area contributed by atoms with Gasteiger partial charge in [0.1, 0.15) is 24.6 Å². The van der Waals surface area contributed by atoms with E-state index in [0.717, 1.165) is 10.9 Å². The number of nitrogens with one attached hydrogen (secondary N) is 1. The standard InChI is InChI=1S/C13H17N5O6.2ClH/c1-2-6(20)13(9(22)8(21)5(3-19)24-13)18-4-15-7-10(18)16-12(14)17-11(7)23;;/h4-5,8-9,19,21-22H,2-3H2,1H3,(H3,14,16,17,23);2*1H/t5-,8-,9-,13-;;/m1../s1. The molecular weight excluding hydrogens is 393 g/mol. The molecule has 0 aromatic carbocycles. The third kappa shape index (κ3) is 2.96. The Morgan fingerprint density at radius 1 is 1.46 bits per heavy atom. The molecular formula is C13H19Cl2N5O6. The van der Waals surface area contributed by atoms with Crippen LogP contribution in [0.3, 0.4) is 0 Å². The zero-order valence-electron chi connectivity index (χ0n) is 13.5. The number of H-pyrrole nitrogens is 1. The third-order valence-corrected chi connectivity index (χ3v) is 4.12. The molecule has 11 nitrogen and oxygen atoms in total. The number of carbonyl (C=O) groups is 1. The smallest absolute Gasteiger partial charge is 0.280 e. The number of halogens is 2. The molecule has 1 aliphatic heterocycles. The first kappa shape index (κ1) is 22.3. The van der Waals surface area contributed by atoms with Gasteiger partial charge in [-0.15, -0.1) is 24.8 Å². The molecule has 1 saturated heterocycles. The summed E-state index contributed by atoms with van der Waals surface area (Å²) < 4.78 is 6.61. The molecule has 3 rings (SSSR count). The van der Waals surface area contributed by atoms with Crippen molar-refractivity contribution in [2.24, 2.45) is 0 Å². The molecule has 0 amide bonds. The highest BCUT2D eigenvalue weighted by atomic mass is 35.5. The van der Waals surface area contributed by atoms with Crippen LogP contribution in [0, 0.1) is 0 Å². The number of hydrogen-bond acceptors (Lipinski definition) is 9. The number of aliphatic hydroxyl groups is 3. The first-order valence-corrected chi connectivity index (χ1v) is 7.28. The van der Waals surface area contributed by atoms with Gasteiger partial charge in [0.15, 0.2) is 16.9 Å². The van der Waals surface area contributed by atoms with Crippen LogP contribution >= 0.6 is 24.8 Å². The van der Waals surface area contributed by atoms with Crippen molar-refractivity contribution < 1.29 is 24.9 Å². The minimum absolute atomic E-state index is 0. The number of imidazole rings is 1. The molecule has 0 bridgehead atoms.